The van der Waals surface area contributed by atoms with Crippen LogP contribution >= 0.6 is 0 Å². The molecule has 5 aromatic rings. The van der Waals surface area contributed by atoms with Crippen LogP contribution in [-0.4, -0.2) is 16.6 Å². The highest BCUT2D eigenvalue weighted by Gasteiger charge is 2.33. The van der Waals surface area contributed by atoms with Crippen molar-refractivity contribution in [3.05, 3.63) is 144 Å². The van der Waals surface area contributed by atoms with E-state index in [9.17, 15) is 9.59 Å². The van der Waals surface area contributed by atoms with Gasteiger partial charge in [0.15, 0.2) is 11.6 Å². The third kappa shape index (κ3) is 4.33. The Morgan fingerprint density at radius 1 is 0.618 bits per heavy atom. The molecule has 0 aliphatic carbocycles. The van der Waals surface area contributed by atoms with Crippen molar-refractivity contribution in [2.75, 3.05) is 0 Å². The summed E-state index contributed by atoms with van der Waals surface area (Å²) in [6, 6.07) is 36.6. The molecule has 0 saturated heterocycles. The number of ketones is 2. The first-order valence-electron chi connectivity index (χ1n) is 11.5. The minimum atomic E-state index is -0.802. The van der Waals surface area contributed by atoms with Crippen LogP contribution in [0.3, 0.4) is 0 Å². The molecule has 1 aromatic heterocycles. The Bertz CT molecular complexity index is 1350. The summed E-state index contributed by atoms with van der Waals surface area (Å²) in [5.41, 5.74) is 4.33. The van der Waals surface area contributed by atoms with E-state index in [1.54, 1.807) is 24.3 Å². The Morgan fingerprint density at radius 2 is 1.12 bits per heavy atom. The van der Waals surface area contributed by atoms with Crippen LogP contribution < -0.4 is 0 Å². The lowest BCUT2D eigenvalue weighted by Crippen LogP contribution is -2.27. The zero-order chi connectivity index (χ0) is 23.3. The zero-order valence-electron chi connectivity index (χ0n) is 18.7. The second kappa shape index (κ2) is 9.72. The summed E-state index contributed by atoms with van der Waals surface area (Å²) in [6.07, 6.45) is 2.40. The molecule has 0 radical (unpaired) electrons. The van der Waals surface area contributed by atoms with Crippen molar-refractivity contribution in [3.63, 3.8) is 0 Å². The third-order valence-electron chi connectivity index (χ3n) is 6.42. The first-order valence-corrected chi connectivity index (χ1v) is 11.5. The summed E-state index contributed by atoms with van der Waals surface area (Å²) in [5.74, 6) is -1.21. The van der Waals surface area contributed by atoms with Crippen LogP contribution in [0.1, 0.15) is 44.2 Å². The Balaban J connectivity index is 1.61. The molecule has 0 unspecified atom stereocenters. The maximum Gasteiger partial charge on any atom is 0.173 e. The van der Waals surface area contributed by atoms with Gasteiger partial charge in [-0.1, -0.05) is 109 Å². The maximum atomic E-state index is 13.7. The van der Waals surface area contributed by atoms with E-state index in [2.05, 4.69) is 23.2 Å². The number of aromatic nitrogens is 1. The van der Waals surface area contributed by atoms with E-state index in [1.807, 2.05) is 79.0 Å². The number of rotatable bonds is 8. The lowest BCUT2D eigenvalue weighted by molar-refractivity contribution is 0.0796. The van der Waals surface area contributed by atoms with Crippen LogP contribution in [0, 0.1) is 5.92 Å². The fraction of sp³-hybridized carbons (Fsp3) is 0.0968. The molecule has 3 nitrogen and oxygen atoms in total. The lowest BCUT2D eigenvalue weighted by atomic mass is 9.78. The molecule has 34 heavy (non-hydrogen) atoms. The van der Waals surface area contributed by atoms with Gasteiger partial charge in [0.05, 0.1) is 5.92 Å². The number of benzene rings is 4. The molecule has 0 amide bonds. The van der Waals surface area contributed by atoms with Crippen molar-refractivity contribution in [1.29, 1.82) is 0 Å². The number of para-hydroxylation sites is 1. The van der Waals surface area contributed by atoms with E-state index in [-0.39, 0.29) is 17.5 Å². The lowest BCUT2D eigenvalue weighted by Gasteiger charge is -2.23. The average Bonchev–Trinajstić information content (AvgIpc) is 3.34. The molecule has 0 fully saturated rings. The molecule has 1 atom stereocenters. The molecular weight excluding hydrogens is 418 g/mol. The molecular formula is C31H25NO2. The Labute approximate surface area is 199 Å². The quantitative estimate of drug-likeness (QED) is 0.206. The molecule has 0 aliphatic heterocycles. The van der Waals surface area contributed by atoms with Crippen molar-refractivity contribution in [2.24, 2.45) is 5.92 Å². The Morgan fingerprint density at radius 3 is 1.71 bits per heavy atom. The number of hydrogen-bond acceptors (Lipinski definition) is 2. The number of nitrogens with one attached hydrogen (secondary N) is 1. The zero-order valence-corrected chi connectivity index (χ0v) is 18.7. The standard InChI is InChI=1S/C31H25NO2/c33-30(23-14-6-2-7-15-23)27(31(34)24-16-8-3-9-17-24)20-26(22-12-4-1-5-13-22)28-21-32-29-19-11-10-18-25(28)29/h1-19,21,26-27,32H,20H2/t26-/m1/s1. The molecule has 5 rings (SSSR count). The first kappa shape index (κ1) is 21.6. The second-order valence-electron chi connectivity index (χ2n) is 8.50. The van der Waals surface area contributed by atoms with Crippen molar-refractivity contribution < 1.29 is 9.59 Å². The number of Topliss-reactive ketones (excluding diaryl/α,β-unsaturated/α-hetero) is 2. The van der Waals surface area contributed by atoms with E-state index in [4.69, 9.17) is 0 Å². The second-order valence-corrected chi connectivity index (χ2v) is 8.50. The van der Waals surface area contributed by atoms with E-state index >= 15 is 0 Å². The summed E-state index contributed by atoms with van der Waals surface area (Å²) < 4.78 is 0. The van der Waals surface area contributed by atoms with Crippen LogP contribution in [0.25, 0.3) is 10.9 Å². The molecule has 1 heterocycles. The van der Waals surface area contributed by atoms with E-state index < -0.39 is 5.92 Å². The number of carbonyl (C=O) groups is 2. The summed E-state index contributed by atoms with van der Waals surface area (Å²) in [6.45, 7) is 0. The van der Waals surface area contributed by atoms with Gasteiger partial charge in [-0.25, -0.2) is 0 Å². The highest BCUT2D eigenvalue weighted by Crippen LogP contribution is 2.37. The number of hydrogen-bond donors (Lipinski definition) is 1. The fourth-order valence-electron chi connectivity index (χ4n) is 4.69. The predicted molar refractivity (Wildman–Crippen MR) is 136 cm³/mol. The molecule has 0 aliphatic rings. The van der Waals surface area contributed by atoms with E-state index in [0.717, 1.165) is 22.0 Å². The summed E-state index contributed by atoms with van der Waals surface area (Å²) >= 11 is 0. The number of carbonyl (C=O) groups excluding carboxylic acids is 2. The van der Waals surface area contributed by atoms with Gasteiger partial charge in [-0.15, -0.1) is 0 Å². The topological polar surface area (TPSA) is 49.9 Å². The molecule has 0 saturated carbocycles. The smallest absolute Gasteiger partial charge is 0.173 e. The van der Waals surface area contributed by atoms with Gasteiger partial charge in [-0.2, -0.15) is 0 Å². The van der Waals surface area contributed by atoms with Gasteiger partial charge in [0.2, 0.25) is 0 Å². The molecule has 0 spiro atoms. The van der Waals surface area contributed by atoms with Gasteiger partial charge in [0.1, 0.15) is 0 Å². The van der Waals surface area contributed by atoms with Gasteiger partial charge < -0.3 is 4.98 Å². The SMILES string of the molecule is O=C(c1ccccc1)C(C[C@H](c1ccccc1)c1c[nH]c2ccccc12)C(=O)c1ccccc1. The van der Waals surface area contributed by atoms with Crippen molar-refractivity contribution in [2.45, 2.75) is 12.3 Å². The number of fused-ring (bicyclic) bond motifs is 1. The van der Waals surface area contributed by atoms with E-state index in [1.165, 1.54) is 0 Å². The van der Waals surface area contributed by atoms with Crippen molar-refractivity contribution in [1.82, 2.24) is 4.98 Å². The van der Waals surface area contributed by atoms with Gasteiger partial charge in [0.25, 0.3) is 0 Å². The minimum absolute atomic E-state index is 0.123. The minimum Gasteiger partial charge on any atom is -0.361 e. The predicted octanol–water partition coefficient (Wildman–Crippen LogP) is 7.07. The van der Waals surface area contributed by atoms with Crippen molar-refractivity contribution >= 4 is 22.5 Å². The molecule has 4 aromatic carbocycles. The highest BCUT2D eigenvalue weighted by molar-refractivity contribution is 6.16. The Hall–Kier alpha value is -4.24. The maximum absolute atomic E-state index is 13.7. The van der Waals surface area contributed by atoms with Crippen LogP contribution in [0.5, 0.6) is 0 Å². The van der Waals surface area contributed by atoms with Crippen molar-refractivity contribution in [3.8, 4) is 0 Å². The molecule has 3 heteroatoms. The fourth-order valence-corrected chi connectivity index (χ4v) is 4.69. The van der Waals surface area contributed by atoms with Gasteiger partial charge in [-0.3, -0.25) is 9.59 Å². The van der Waals surface area contributed by atoms with Crippen LogP contribution in [0.15, 0.2) is 121 Å². The van der Waals surface area contributed by atoms with E-state index in [0.29, 0.717) is 17.5 Å². The van der Waals surface area contributed by atoms with Gasteiger partial charge in [-0.05, 0) is 23.6 Å². The normalized spacial score (nSPS) is 12.0. The Kier molecular flexibility index (Phi) is 6.17. The van der Waals surface area contributed by atoms with Crippen LogP contribution in [0.2, 0.25) is 0 Å². The molecule has 1 N–H and O–H groups in total. The number of aromatic amines is 1. The summed E-state index contributed by atoms with van der Waals surface area (Å²) in [5, 5.41) is 1.11. The number of H-pyrrole nitrogens is 1. The first-order chi connectivity index (χ1) is 16.7. The van der Waals surface area contributed by atoms with Gasteiger partial charge >= 0.3 is 0 Å². The van der Waals surface area contributed by atoms with Crippen LogP contribution in [0.4, 0.5) is 0 Å². The third-order valence-corrected chi connectivity index (χ3v) is 6.42. The summed E-state index contributed by atoms with van der Waals surface area (Å²) in [4.78, 5) is 30.8. The highest BCUT2D eigenvalue weighted by atomic mass is 16.2. The molecule has 166 valence electrons. The monoisotopic (exact) mass is 443 g/mol. The summed E-state index contributed by atoms with van der Waals surface area (Å²) in [7, 11) is 0. The largest absolute Gasteiger partial charge is 0.361 e. The average molecular weight is 444 g/mol. The van der Waals surface area contributed by atoms with Gasteiger partial charge in [0, 0.05) is 34.1 Å². The molecule has 0 bridgehead atoms. The van der Waals surface area contributed by atoms with Crippen LogP contribution in [-0.2, 0) is 0 Å².